The molecular formula is C21H23ClN6O2. The monoisotopic (exact) mass is 426 g/mol. The lowest BCUT2D eigenvalue weighted by atomic mass is 9.93. The summed E-state index contributed by atoms with van der Waals surface area (Å²) in [5.74, 6) is 6.59. The molecule has 0 aliphatic carbocycles. The van der Waals surface area contributed by atoms with Crippen LogP contribution in [0.3, 0.4) is 0 Å². The van der Waals surface area contributed by atoms with Gasteiger partial charge in [0.05, 0.1) is 6.21 Å². The number of hydrogen-bond acceptors (Lipinski definition) is 7. The molecule has 8 nitrogen and oxygen atoms in total. The minimum absolute atomic E-state index is 0.0483. The fraction of sp³-hybridized carbons (Fsp3) is 0.238. The Balaban J connectivity index is 1.60. The van der Waals surface area contributed by atoms with Crippen LogP contribution in [0.5, 0.6) is 5.75 Å². The Morgan fingerprint density at radius 3 is 2.43 bits per heavy atom. The first kappa shape index (κ1) is 21.3. The van der Waals surface area contributed by atoms with E-state index in [4.69, 9.17) is 22.2 Å². The zero-order valence-corrected chi connectivity index (χ0v) is 17.7. The van der Waals surface area contributed by atoms with Crippen LogP contribution in [0.1, 0.15) is 37.6 Å². The van der Waals surface area contributed by atoms with Gasteiger partial charge < -0.3 is 10.6 Å². The first-order valence-electron chi connectivity index (χ1n) is 9.26. The number of nitrogens with zero attached hydrogens (tertiary/aromatic N) is 4. The topological polar surface area (TPSA) is 107 Å². The van der Waals surface area contributed by atoms with Crippen LogP contribution in [0.2, 0.25) is 5.02 Å². The van der Waals surface area contributed by atoms with Crippen LogP contribution in [0, 0.1) is 0 Å². The molecule has 0 saturated carbocycles. The Labute approximate surface area is 179 Å². The minimum atomic E-state index is -0.454. The first-order chi connectivity index (χ1) is 14.2. The van der Waals surface area contributed by atoms with E-state index in [1.807, 2.05) is 69.3 Å². The second-order valence-corrected chi connectivity index (χ2v) is 8.09. The van der Waals surface area contributed by atoms with Crippen LogP contribution in [0.15, 0.2) is 58.4 Å². The van der Waals surface area contributed by atoms with Crippen molar-refractivity contribution in [2.45, 2.75) is 32.8 Å². The molecular weight excluding hydrogens is 404 g/mol. The largest absolute Gasteiger partial charge is 0.489 e. The average Bonchev–Trinajstić information content (AvgIpc) is 2.71. The second kappa shape index (κ2) is 8.96. The van der Waals surface area contributed by atoms with Gasteiger partial charge in [0.15, 0.2) is 0 Å². The second-order valence-electron chi connectivity index (χ2n) is 7.65. The number of nitrogens with one attached hydrogen (secondary N) is 1. The molecule has 9 heteroatoms. The van der Waals surface area contributed by atoms with Crippen molar-refractivity contribution in [3.8, 4) is 5.75 Å². The lowest BCUT2D eigenvalue weighted by Crippen LogP contribution is -2.38. The third-order valence-corrected chi connectivity index (χ3v) is 4.43. The molecule has 0 aliphatic heterocycles. The van der Waals surface area contributed by atoms with Crippen molar-refractivity contribution in [1.82, 2.24) is 14.9 Å². The molecule has 156 valence electrons. The number of halogens is 1. The summed E-state index contributed by atoms with van der Waals surface area (Å²) in [7, 11) is 0. The number of nitrogen functional groups attached to an aromatic ring is 1. The SMILES string of the molecule is CC(C)(C)c1nnc(N/N=C/c2ccc(OCc3ccc(Cl)cc3)cc2)n(N)c1=O. The molecule has 0 atom stereocenters. The summed E-state index contributed by atoms with van der Waals surface area (Å²) in [6.07, 6.45) is 1.58. The van der Waals surface area contributed by atoms with Gasteiger partial charge in [-0.3, -0.25) is 4.79 Å². The predicted molar refractivity (Wildman–Crippen MR) is 119 cm³/mol. The highest BCUT2D eigenvalue weighted by Crippen LogP contribution is 2.16. The van der Waals surface area contributed by atoms with Gasteiger partial charge in [0.2, 0.25) is 0 Å². The third-order valence-electron chi connectivity index (χ3n) is 4.18. The van der Waals surface area contributed by atoms with Gasteiger partial charge in [0.1, 0.15) is 18.1 Å². The van der Waals surface area contributed by atoms with Crippen molar-refractivity contribution in [2.75, 3.05) is 11.3 Å². The number of hydrogen-bond donors (Lipinski definition) is 2. The van der Waals surface area contributed by atoms with Crippen LogP contribution in [0.4, 0.5) is 5.95 Å². The van der Waals surface area contributed by atoms with Crippen molar-refractivity contribution in [2.24, 2.45) is 5.10 Å². The van der Waals surface area contributed by atoms with Crippen LogP contribution >= 0.6 is 11.6 Å². The van der Waals surface area contributed by atoms with Crippen molar-refractivity contribution in [3.05, 3.63) is 80.7 Å². The molecule has 0 aliphatic rings. The van der Waals surface area contributed by atoms with E-state index in [9.17, 15) is 4.79 Å². The summed E-state index contributed by atoms with van der Waals surface area (Å²) in [4.78, 5) is 12.3. The molecule has 1 aromatic heterocycles. The number of ether oxygens (including phenoxy) is 1. The maximum Gasteiger partial charge on any atom is 0.295 e. The van der Waals surface area contributed by atoms with E-state index in [0.29, 0.717) is 11.6 Å². The molecule has 0 bridgehead atoms. The number of anilines is 1. The molecule has 0 saturated heterocycles. The molecule has 0 unspecified atom stereocenters. The summed E-state index contributed by atoms with van der Waals surface area (Å²) >= 11 is 5.88. The maximum absolute atomic E-state index is 12.3. The molecule has 30 heavy (non-hydrogen) atoms. The highest BCUT2D eigenvalue weighted by Gasteiger charge is 2.22. The molecule has 3 aromatic rings. The van der Waals surface area contributed by atoms with Crippen LogP contribution < -0.4 is 21.6 Å². The van der Waals surface area contributed by atoms with E-state index < -0.39 is 11.0 Å². The summed E-state index contributed by atoms with van der Waals surface area (Å²) < 4.78 is 6.65. The van der Waals surface area contributed by atoms with Crippen molar-refractivity contribution >= 4 is 23.8 Å². The zero-order valence-electron chi connectivity index (χ0n) is 17.0. The summed E-state index contributed by atoms with van der Waals surface area (Å²) in [6, 6.07) is 14.9. The van der Waals surface area contributed by atoms with Crippen molar-refractivity contribution < 1.29 is 4.74 Å². The fourth-order valence-electron chi connectivity index (χ4n) is 2.51. The van der Waals surface area contributed by atoms with Gasteiger partial charge in [-0.1, -0.05) is 44.5 Å². The Hall–Kier alpha value is -3.39. The molecule has 0 fully saturated rings. The first-order valence-corrected chi connectivity index (χ1v) is 9.63. The molecule has 0 spiro atoms. The van der Waals surface area contributed by atoms with E-state index >= 15 is 0 Å². The molecule has 2 aromatic carbocycles. The predicted octanol–water partition coefficient (Wildman–Crippen LogP) is 3.33. The number of aromatic nitrogens is 3. The van der Waals surface area contributed by atoms with Crippen LogP contribution in [-0.2, 0) is 12.0 Å². The third kappa shape index (κ3) is 5.36. The van der Waals surface area contributed by atoms with Gasteiger partial charge >= 0.3 is 0 Å². The fourth-order valence-corrected chi connectivity index (χ4v) is 2.63. The van der Waals surface area contributed by atoms with Gasteiger partial charge in [-0.05, 0) is 47.5 Å². The Morgan fingerprint density at radius 2 is 1.80 bits per heavy atom. The van der Waals surface area contributed by atoms with Crippen molar-refractivity contribution in [1.29, 1.82) is 0 Å². The standard InChI is InChI=1S/C21H23ClN6O2/c1-21(2,3)18-19(29)28(23)20(27-25-18)26-24-12-14-6-10-17(11-7-14)30-13-15-4-8-16(22)9-5-15/h4-12H,13,23H2,1-3H3,(H,26,27)/b24-12+. The summed E-state index contributed by atoms with van der Waals surface area (Å²) in [5, 5.41) is 12.7. The van der Waals surface area contributed by atoms with Crippen molar-refractivity contribution in [3.63, 3.8) is 0 Å². The van der Waals surface area contributed by atoms with E-state index in [0.717, 1.165) is 21.6 Å². The lowest BCUT2D eigenvalue weighted by Gasteiger charge is -2.16. The molecule has 3 rings (SSSR count). The van der Waals surface area contributed by atoms with Gasteiger partial charge in [-0.25, -0.2) is 5.43 Å². The van der Waals surface area contributed by atoms with E-state index in [1.165, 1.54) is 0 Å². The molecule has 0 radical (unpaired) electrons. The number of nitrogens with two attached hydrogens (primary N) is 1. The highest BCUT2D eigenvalue weighted by atomic mass is 35.5. The number of hydrazone groups is 1. The Kier molecular flexibility index (Phi) is 6.37. The van der Waals surface area contributed by atoms with E-state index in [2.05, 4.69) is 20.7 Å². The molecule has 0 amide bonds. The van der Waals surface area contributed by atoms with Gasteiger partial charge in [-0.2, -0.15) is 9.78 Å². The normalized spacial score (nSPS) is 11.6. The number of benzene rings is 2. The van der Waals surface area contributed by atoms with Crippen LogP contribution in [0.25, 0.3) is 0 Å². The molecule has 3 N–H and O–H groups in total. The smallest absolute Gasteiger partial charge is 0.295 e. The minimum Gasteiger partial charge on any atom is -0.489 e. The molecule has 1 heterocycles. The Morgan fingerprint density at radius 1 is 1.13 bits per heavy atom. The van der Waals surface area contributed by atoms with E-state index in [-0.39, 0.29) is 11.6 Å². The maximum atomic E-state index is 12.3. The number of rotatable bonds is 6. The quantitative estimate of drug-likeness (QED) is 0.355. The van der Waals surface area contributed by atoms with Gasteiger partial charge in [0.25, 0.3) is 11.5 Å². The zero-order chi connectivity index (χ0) is 21.7. The lowest BCUT2D eigenvalue weighted by molar-refractivity contribution is 0.306. The highest BCUT2D eigenvalue weighted by molar-refractivity contribution is 6.30. The Bertz CT molecular complexity index is 1090. The summed E-state index contributed by atoms with van der Waals surface area (Å²) in [6.45, 7) is 6.05. The van der Waals surface area contributed by atoms with Gasteiger partial charge in [0, 0.05) is 10.4 Å². The van der Waals surface area contributed by atoms with Crippen LogP contribution in [-0.4, -0.2) is 21.1 Å². The van der Waals surface area contributed by atoms with E-state index in [1.54, 1.807) is 6.21 Å². The summed E-state index contributed by atoms with van der Waals surface area (Å²) in [5.41, 5.74) is 3.91. The average molecular weight is 427 g/mol. The van der Waals surface area contributed by atoms with Gasteiger partial charge in [-0.15, -0.1) is 10.2 Å².